The van der Waals surface area contributed by atoms with Crippen LogP contribution in [0.25, 0.3) is 22.2 Å². The Morgan fingerprint density at radius 1 is 1.16 bits per heavy atom. The topological polar surface area (TPSA) is 107 Å². The smallest absolute Gasteiger partial charge is 0.280 e. The Kier molecular flexibility index (Phi) is 5.32. The molecule has 0 spiro atoms. The summed E-state index contributed by atoms with van der Waals surface area (Å²) in [7, 11) is -3.45. The number of aromatic nitrogens is 3. The van der Waals surface area contributed by atoms with Crippen molar-refractivity contribution in [1.29, 1.82) is 0 Å². The molecule has 0 saturated heterocycles. The van der Waals surface area contributed by atoms with Crippen molar-refractivity contribution in [3.05, 3.63) is 75.2 Å². The van der Waals surface area contributed by atoms with Gasteiger partial charge in [0.1, 0.15) is 11.1 Å². The Hall–Kier alpha value is -3.17. The molecule has 2 heterocycles. The first-order valence-electron chi connectivity index (χ1n) is 9.36. The van der Waals surface area contributed by atoms with E-state index in [1.54, 1.807) is 43.3 Å². The van der Waals surface area contributed by atoms with E-state index in [0.29, 0.717) is 33.0 Å². The van der Waals surface area contributed by atoms with Crippen molar-refractivity contribution in [3.8, 4) is 11.3 Å². The van der Waals surface area contributed by atoms with Crippen molar-refractivity contribution in [1.82, 2.24) is 14.9 Å². The van der Waals surface area contributed by atoms with E-state index >= 15 is 0 Å². The fourth-order valence-electron chi connectivity index (χ4n) is 3.37. The molecule has 0 aliphatic heterocycles. The molecule has 0 saturated carbocycles. The van der Waals surface area contributed by atoms with Crippen molar-refractivity contribution < 1.29 is 12.9 Å². The molecule has 31 heavy (non-hydrogen) atoms. The summed E-state index contributed by atoms with van der Waals surface area (Å²) in [6, 6.07) is 13.5. The number of benzene rings is 2. The zero-order valence-corrected chi connectivity index (χ0v) is 18.5. The molecule has 2 aromatic heterocycles. The fraction of sp³-hybridized carbons (Fsp3) is 0.190. The summed E-state index contributed by atoms with van der Waals surface area (Å²) >= 11 is 5.99. The van der Waals surface area contributed by atoms with Gasteiger partial charge in [0.2, 0.25) is 15.6 Å². The highest BCUT2D eigenvalue weighted by Gasteiger charge is 2.22. The molecule has 1 atom stereocenters. The highest BCUT2D eigenvalue weighted by atomic mass is 35.5. The van der Waals surface area contributed by atoms with Gasteiger partial charge in [0.25, 0.3) is 5.56 Å². The van der Waals surface area contributed by atoms with Crippen LogP contribution in [-0.4, -0.2) is 29.6 Å². The number of hydrogen-bond donors (Lipinski definition) is 1. The van der Waals surface area contributed by atoms with E-state index in [4.69, 9.17) is 16.1 Å². The number of hydrogen-bond acceptors (Lipinski definition) is 6. The Morgan fingerprint density at radius 2 is 1.87 bits per heavy atom. The predicted octanol–water partition coefficient (Wildman–Crippen LogP) is 3.99. The van der Waals surface area contributed by atoms with Crippen LogP contribution in [0.1, 0.15) is 24.2 Å². The molecule has 4 rings (SSSR count). The van der Waals surface area contributed by atoms with Crippen LogP contribution in [0.3, 0.4) is 0 Å². The largest absolute Gasteiger partial charge is 0.353 e. The Labute approximate surface area is 183 Å². The number of nitrogens with one attached hydrogen (secondary N) is 1. The Balaban J connectivity index is 1.93. The van der Waals surface area contributed by atoms with Crippen LogP contribution in [0, 0.1) is 6.92 Å². The first kappa shape index (κ1) is 21.1. The maximum atomic E-state index is 13.2. The van der Waals surface area contributed by atoms with Gasteiger partial charge in [-0.2, -0.15) is 5.10 Å². The number of rotatable bonds is 5. The third kappa shape index (κ3) is 4.19. The van der Waals surface area contributed by atoms with E-state index < -0.39 is 10.0 Å². The second-order valence-electron chi connectivity index (χ2n) is 7.25. The van der Waals surface area contributed by atoms with Gasteiger partial charge < -0.3 is 4.52 Å². The molecule has 10 heteroatoms. The van der Waals surface area contributed by atoms with Crippen molar-refractivity contribution in [2.75, 3.05) is 11.0 Å². The molecule has 0 amide bonds. The van der Waals surface area contributed by atoms with Gasteiger partial charge in [-0.05, 0) is 43.7 Å². The molecule has 4 aromatic rings. The number of halogens is 1. The average molecular weight is 459 g/mol. The van der Waals surface area contributed by atoms with E-state index in [0.717, 1.165) is 11.8 Å². The zero-order chi connectivity index (χ0) is 22.3. The van der Waals surface area contributed by atoms with Gasteiger partial charge in [-0.25, -0.2) is 13.1 Å². The first-order valence-corrected chi connectivity index (χ1v) is 11.6. The maximum absolute atomic E-state index is 13.2. The molecule has 0 aliphatic carbocycles. The minimum atomic E-state index is -3.45. The van der Waals surface area contributed by atoms with Crippen LogP contribution in [-0.2, 0) is 10.0 Å². The summed E-state index contributed by atoms with van der Waals surface area (Å²) in [5, 5.41) is 9.45. The second-order valence-corrected chi connectivity index (χ2v) is 9.44. The van der Waals surface area contributed by atoms with Crippen LogP contribution in [0.4, 0.5) is 5.69 Å². The second kappa shape index (κ2) is 7.82. The molecule has 2 aromatic carbocycles. The van der Waals surface area contributed by atoms with Crippen LogP contribution < -0.4 is 10.3 Å². The normalized spacial score (nSPS) is 12.8. The van der Waals surface area contributed by atoms with Gasteiger partial charge in [0.05, 0.1) is 18.0 Å². The summed E-state index contributed by atoms with van der Waals surface area (Å²) in [4.78, 5) is 13.2. The monoisotopic (exact) mass is 458 g/mol. The van der Waals surface area contributed by atoms with Crippen molar-refractivity contribution in [3.63, 3.8) is 0 Å². The molecule has 0 bridgehead atoms. The molecule has 0 aliphatic rings. The van der Waals surface area contributed by atoms with Gasteiger partial charge in [-0.3, -0.25) is 9.52 Å². The van der Waals surface area contributed by atoms with Gasteiger partial charge in [-0.1, -0.05) is 41.0 Å². The van der Waals surface area contributed by atoms with Gasteiger partial charge in [0, 0.05) is 16.3 Å². The fourth-order valence-corrected chi connectivity index (χ4v) is 4.06. The summed E-state index contributed by atoms with van der Waals surface area (Å²) < 4.78 is 32.5. The molecule has 1 unspecified atom stereocenters. The summed E-state index contributed by atoms with van der Waals surface area (Å²) in [6.07, 6.45) is 1.07. The molecular weight excluding hydrogens is 440 g/mol. The Bertz CT molecular complexity index is 1440. The minimum Gasteiger partial charge on any atom is -0.353 e. The van der Waals surface area contributed by atoms with Crippen LogP contribution in [0.2, 0.25) is 5.02 Å². The maximum Gasteiger partial charge on any atom is 0.280 e. The van der Waals surface area contributed by atoms with Gasteiger partial charge in [0.15, 0.2) is 0 Å². The minimum absolute atomic E-state index is 0.249. The quantitative estimate of drug-likeness (QED) is 0.484. The number of fused-ring (bicyclic) bond motifs is 1. The van der Waals surface area contributed by atoms with Gasteiger partial charge in [-0.15, -0.1) is 0 Å². The first-order chi connectivity index (χ1) is 14.6. The number of aryl methyl sites for hydroxylation is 1. The van der Waals surface area contributed by atoms with Crippen molar-refractivity contribution in [2.45, 2.75) is 19.9 Å². The van der Waals surface area contributed by atoms with E-state index in [9.17, 15) is 13.2 Å². The molecule has 1 N–H and O–H groups in total. The lowest BCUT2D eigenvalue weighted by atomic mass is 10.1. The SMILES string of the molecule is Cc1noc2c(-c3cccc(NS(C)(=O)=O)c3)nn(C(C)c3ccc(Cl)cc3)c(=O)c12. The number of sulfonamides is 1. The van der Waals surface area contributed by atoms with E-state index in [1.807, 2.05) is 19.1 Å². The van der Waals surface area contributed by atoms with E-state index in [1.165, 1.54) is 4.68 Å². The summed E-state index contributed by atoms with van der Waals surface area (Å²) in [5.74, 6) is 0. The van der Waals surface area contributed by atoms with Crippen LogP contribution in [0.5, 0.6) is 0 Å². The van der Waals surface area contributed by atoms with Crippen molar-refractivity contribution in [2.24, 2.45) is 0 Å². The summed E-state index contributed by atoms with van der Waals surface area (Å²) in [6.45, 7) is 3.55. The third-order valence-corrected chi connectivity index (χ3v) is 5.72. The molecule has 160 valence electrons. The number of nitrogens with zero attached hydrogens (tertiary/aromatic N) is 3. The highest BCUT2D eigenvalue weighted by molar-refractivity contribution is 7.92. The molecular formula is C21H19ClN4O4S. The standard InChI is InChI=1S/C21H19ClN4O4S/c1-12-18-20(30-24-12)19(15-5-4-6-17(11-15)25-31(3,28)29)23-26(21(18)27)13(2)14-7-9-16(22)10-8-14/h4-11,13,25H,1-3H3. The highest BCUT2D eigenvalue weighted by Crippen LogP contribution is 2.29. The average Bonchev–Trinajstić information content (AvgIpc) is 3.09. The molecule has 0 radical (unpaired) electrons. The lowest BCUT2D eigenvalue weighted by Crippen LogP contribution is -2.27. The molecule has 8 nitrogen and oxygen atoms in total. The van der Waals surface area contributed by atoms with Crippen LogP contribution >= 0.6 is 11.6 Å². The van der Waals surface area contributed by atoms with Gasteiger partial charge >= 0.3 is 0 Å². The van der Waals surface area contributed by atoms with Crippen molar-refractivity contribution >= 4 is 38.3 Å². The summed E-state index contributed by atoms with van der Waals surface area (Å²) in [5.41, 5.74) is 2.55. The Morgan fingerprint density at radius 3 is 2.55 bits per heavy atom. The molecule has 0 fully saturated rings. The predicted molar refractivity (Wildman–Crippen MR) is 120 cm³/mol. The zero-order valence-electron chi connectivity index (χ0n) is 17.0. The lowest BCUT2D eigenvalue weighted by Gasteiger charge is -2.16. The van der Waals surface area contributed by atoms with E-state index in [2.05, 4.69) is 15.0 Å². The van der Waals surface area contributed by atoms with E-state index in [-0.39, 0.29) is 17.2 Å². The van der Waals surface area contributed by atoms with Crippen LogP contribution in [0.15, 0.2) is 57.8 Å². The number of anilines is 1. The third-order valence-electron chi connectivity index (χ3n) is 4.87. The lowest BCUT2D eigenvalue weighted by molar-refractivity contribution is 0.448.